The van der Waals surface area contributed by atoms with Gasteiger partial charge in [-0.25, -0.2) is 4.39 Å². The number of piperidine rings is 1. The summed E-state index contributed by atoms with van der Waals surface area (Å²) in [7, 11) is 1.55. The van der Waals surface area contributed by atoms with Crippen LogP contribution in [0.1, 0.15) is 74.1 Å². The molecule has 41 heavy (non-hydrogen) atoms. The van der Waals surface area contributed by atoms with Crippen LogP contribution in [0.15, 0.2) is 42.5 Å². The molecular formula is C31H38F4N2O4. The van der Waals surface area contributed by atoms with Crippen molar-refractivity contribution in [3.63, 3.8) is 0 Å². The molecular weight excluding hydrogens is 540 g/mol. The zero-order valence-corrected chi connectivity index (χ0v) is 23.9. The van der Waals surface area contributed by atoms with E-state index in [0.29, 0.717) is 36.3 Å². The maximum atomic E-state index is 17.0. The number of methoxy groups -OCH3 is 1. The topological polar surface area (TPSA) is 70.1 Å². The number of carboxylic acids is 1. The summed E-state index contributed by atoms with van der Waals surface area (Å²) < 4.78 is 62.3. The molecule has 2 saturated heterocycles. The molecule has 2 atom stereocenters. The average molecular weight is 579 g/mol. The van der Waals surface area contributed by atoms with Crippen LogP contribution in [0.25, 0.3) is 0 Å². The van der Waals surface area contributed by atoms with E-state index in [1.54, 1.807) is 36.3 Å². The molecule has 2 aliphatic heterocycles. The fourth-order valence-corrected chi connectivity index (χ4v) is 6.05. The molecule has 0 saturated carbocycles. The lowest BCUT2D eigenvalue weighted by Crippen LogP contribution is -2.53. The predicted molar refractivity (Wildman–Crippen MR) is 147 cm³/mol. The minimum Gasteiger partial charge on any atom is -0.497 e. The number of aryl methyl sites for hydroxylation is 1. The standard InChI is InChI=1S/C31H38F4N2O4/c1-29(2,3)37-18-26(21-5-9-24(41-4)10-6-21)30(32,19-37)28(40)36-15-13-20(14-16-36)25-11-8-23(31(33,34)35)17-22(25)7-12-27(38)39/h5-6,8-11,17,20,26H,7,12-16,18-19H2,1-4H3,(H,38,39)/t26-,30-/m0/s1. The quantitative estimate of drug-likeness (QED) is 0.406. The van der Waals surface area contributed by atoms with Crippen LogP contribution in [0.4, 0.5) is 17.6 Å². The summed E-state index contributed by atoms with van der Waals surface area (Å²) in [5.74, 6) is -1.84. The number of aliphatic carboxylic acids is 1. The lowest BCUT2D eigenvalue weighted by Gasteiger charge is -2.38. The van der Waals surface area contributed by atoms with Crippen molar-refractivity contribution in [2.45, 2.75) is 75.7 Å². The van der Waals surface area contributed by atoms with Gasteiger partial charge in [0.15, 0.2) is 0 Å². The second-order valence-corrected chi connectivity index (χ2v) is 12.1. The number of carboxylic acid groups (broad SMARTS) is 1. The number of nitrogens with zero attached hydrogens (tertiary/aromatic N) is 2. The number of ether oxygens (including phenoxy) is 1. The van der Waals surface area contributed by atoms with Gasteiger partial charge < -0.3 is 14.7 Å². The van der Waals surface area contributed by atoms with Gasteiger partial charge in [0.2, 0.25) is 5.67 Å². The van der Waals surface area contributed by atoms with Crippen molar-refractivity contribution in [2.24, 2.45) is 0 Å². The molecule has 0 aromatic heterocycles. The van der Waals surface area contributed by atoms with E-state index in [9.17, 15) is 22.8 Å². The second kappa shape index (κ2) is 11.6. The Kier molecular flexibility index (Phi) is 8.73. The van der Waals surface area contributed by atoms with Crippen LogP contribution in [0.3, 0.4) is 0 Å². The number of benzene rings is 2. The van der Waals surface area contributed by atoms with Gasteiger partial charge in [0, 0.05) is 44.1 Å². The molecule has 10 heteroatoms. The van der Waals surface area contributed by atoms with Crippen LogP contribution in [-0.4, -0.2) is 71.3 Å². The van der Waals surface area contributed by atoms with Gasteiger partial charge in [-0.1, -0.05) is 18.2 Å². The largest absolute Gasteiger partial charge is 0.497 e. The Morgan fingerprint density at radius 3 is 2.22 bits per heavy atom. The highest BCUT2D eigenvalue weighted by molar-refractivity contribution is 5.87. The number of rotatable bonds is 7. The number of carbonyl (C=O) groups excluding carboxylic acids is 1. The highest BCUT2D eigenvalue weighted by Crippen LogP contribution is 2.44. The fraction of sp³-hybridized carbons (Fsp3) is 0.548. The van der Waals surface area contributed by atoms with Gasteiger partial charge in [-0.05, 0) is 86.9 Å². The summed E-state index contributed by atoms with van der Waals surface area (Å²) in [5, 5.41) is 9.12. The Morgan fingerprint density at radius 1 is 1.05 bits per heavy atom. The van der Waals surface area contributed by atoms with Gasteiger partial charge in [-0.15, -0.1) is 0 Å². The zero-order valence-electron chi connectivity index (χ0n) is 23.9. The van der Waals surface area contributed by atoms with E-state index in [1.165, 1.54) is 6.07 Å². The first-order valence-electron chi connectivity index (χ1n) is 13.9. The molecule has 2 heterocycles. The van der Waals surface area contributed by atoms with Crippen LogP contribution < -0.4 is 4.74 Å². The predicted octanol–water partition coefficient (Wildman–Crippen LogP) is 6.04. The summed E-state index contributed by atoms with van der Waals surface area (Å²) in [6.07, 6.45) is -3.95. The van der Waals surface area contributed by atoms with Crippen LogP contribution in [0.5, 0.6) is 5.75 Å². The van der Waals surface area contributed by atoms with Crippen LogP contribution in [-0.2, 0) is 22.2 Å². The van der Waals surface area contributed by atoms with Gasteiger partial charge in [-0.3, -0.25) is 14.5 Å². The normalized spacial score (nSPS) is 22.6. The summed E-state index contributed by atoms with van der Waals surface area (Å²) in [6, 6.07) is 10.6. The Balaban J connectivity index is 1.54. The van der Waals surface area contributed by atoms with Crippen molar-refractivity contribution in [1.82, 2.24) is 9.80 Å². The number of likely N-dealkylation sites (tertiary alicyclic amines) is 2. The molecule has 0 spiro atoms. The minimum absolute atomic E-state index is 0.0203. The highest BCUT2D eigenvalue weighted by atomic mass is 19.4. The molecule has 2 fully saturated rings. The first kappa shape index (κ1) is 30.8. The molecule has 0 bridgehead atoms. The number of amides is 1. The molecule has 224 valence electrons. The first-order valence-corrected chi connectivity index (χ1v) is 13.9. The maximum absolute atomic E-state index is 17.0. The SMILES string of the molecule is COc1ccc([C@@H]2CN(C(C)(C)C)C[C@@]2(F)C(=O)N2CCC(c3ccc(C(F)(F)F)cc3CCC(=O)O)CC2)cc1. The van der Waals surface area contributed by atoms with Crippen molar-refractivity contribution < 1.29 is 37.0 Å². The zero-order chi connectivity index (χ0) is 30.2. The first-order chi connectivity index (χ1) is 19.1. The molecule has 1 N–H and O–H groups in total. The molecule has 6 nitrogen and oxygen atoms in total. The Morgan fingerprint density at radius 2 is 1.68 bits per heavy atom. The minimum atomic E-state index is -4.54. The lowest BCUT2D eigenvalue weighted by molar-refractivity contribution is -0.145. The third-order valence-electron chi connectivity index (χ3n) is 8.50. The van der Waals surface area contributed by atoms with Crippen molar-refractivity contribution in [1.29, 1.82) is 0 Å². The van der Waals surface area contributed by atoms with E-state index in [4.69, 9.17) is 9.84 Å². The summed E-state index contributed by atoms with van der Waals surface area (Å²) in [5.41, 5.74) is -1.57. The van der Waals surface area contributed by atoms with Gasteiger partial charge in [-0.2, -0.15) is 13.2 Å². The number of hydrogen-bond donors (Lipinski definition) is 1. The number of carbonyl (C=O) groups is 2. The van der Waals surface area contributed by atoms with Crippen molar-refractivity contribution >= 4 is 11.9 Å². The average Bonchev–Trinajstić information content (AvgIpc) is 3.30. The molecule has 2 aromatic carbocycles. The molecule has 0 aliphatic carbocycles. The van der Waals surface area contributed by atoms with Crippen LogP contribution in [0.2, 0.25) is 0 Å². The molecule has 2 aliphatic rings. The molecule has 0 radical (unpaired) electrons. The lowest BCUT2D eigenvalue weighted by atomic mass is 9.82. The summed E-state index contributed by atoms with van der Waals surface area (Å²) in [4.78, 5) is 28.5. The van der Waals surface area contributed by atoms with E-state index < -0.39 is 35.2 Å². The third-order valence-corrected chi connectivity index (χ3v) is 8.50. The summed E-state index contributed by atoms with van der Waals surface area (Å²) >= 11 is 0. The van der Waals surface area contributed by atoms with Gasteiger partial charge >= 0.3 is 12.1 Å². The summed E-state index contributed by atoms with van der Waals surface area (Å²) in [6.45, 7) is 6.85. The van der Waals surface area contributed by atoms with E-state index in [0.717, 1.165) is 17.7 Å². The third kappa shape index (κ3) is 6.68. The molecule has 2 aromatic rings. The van der Waals surface area contributed by atoms with Crippen molar-refractivity contribution in [3.05, 3.63) is 64.7 Å². The smallest absolute Gasteiger partial charge is 0.416 e. The van der Waals surface area contributed by atoms with Gasteiger partial charge in [0.05, 0.1) is 12.7 Å². The number of halogens is 4. The van der Waals surface area contributed by atoms with Gasteiger partial charge in [0.1, 0.15) is 5.75 Å². The monoisotopic (exact) mass is 578 g/mol. The molecule has 1 amide bonds. The van der Waals surface area contributed by atoms with Crippen molar-refractivity contribution in [2.75, 3.05) is 33.3 Å². The van der Waals surface area contributed by atoms with Crippen LogP contribution in [0, 0.1) is 0 Å². The van der Waals surface area contributed by atoms with Crippen LogP contribution >= 0.6 is 0 Å². The van der Waals surface area contributed by atoms with E-state index in [2.05, 4.69) is 0 Å². The second-order valence-electron chi connectivity index (χ2n) is 12.1. The Bertz CT molecular complexity index is 1250. The van der Waals surface area contributed by atoms with E-state index in [1.807, 2.05) is 25.7 Å². The molecule has 4 rings (SSSR count). The number of alkyl halides is 4. The fourth-order valence-electron chi connectivity index (χ4n) is 6.05. The highest BCUT2D eigenvalue weighted by Gasteiger charge is 2.57. The maximum Gasteiger partial charge on any atom is 0.416 e. The van der Waals surface area contributed by atoms with Crippen molar-refractivity contribution in [3.8, 4) is 5.75 Å². The van der Waals surface area contributed by atoms with E-state index >= 15 is 4.39 Å². The Labute approximate surface area is 238 Å². The van der Waals surface area contributed by atoms with Gasteiger partial charge in [0.25, 0.3) is 5.91 Å². The molecule has 0 unspecified atom stereocenters. The van der Waals surface area contributed by atoms with E-state index in [-0.39, 0.29) is 43.9 Å². The number of hydrogen-bond acceptors (Lipinski definition) is 4. The Hall–Kier alpha value is -3.14.